The van der Waals surface area contributed by atoms with Gasteiger partial charge in [0.25, 0.3) is 0 Å². The number of halogens is 2. The lowest BCUT2D eigenvalue weighted by Gasteiger charge is -2.08. The molecule has 3 rings (SSSR count). The fourth-order valence-electron chi connectivity index (χ4n) is 2.16. The quantitative estimate of drug-likeness (QED) is 0.702. The Morgan fingerprint density at radius 2 is 1.77 bits per heavy atom. The highest BCUT2D eigenvalue weighted by atomic mass is 35.5. The van der Waals surface area contributed by atoms with Crippen molar-refractivity contribution in [2.75, 3.05) is 0 Å². The molecule has 0 aliphatic heterocycles. The van der Waals surface area contributed by atoms with Crippen molar-refractivity contribution in [1.82, 2.24) is 0 Å². The highest BCUT2D eigenvalue weighted by Crippen LogP contribution is 2.34. The summed E-state index contributed by atoms with van der Waals surface area (Å²) in [7, 11) is 0. The molecule has 0 bridgehead atoms. The molecule has 0 fully saturated rings. The second kappa shape index (κ2) is 5.48. The smallest absolute Gasteiger partial charge is 0.344 e. The lowest BCUT2D eigenvalue weighted by Crippen LogP contribution is -2.05. The SMILES string of the molecule is O=C(O)c1cc(Cl)c(Cl)c(-c2cc3ccccc3oc2=O)c1. The Kier molecular flexibility index (Phi) is 3.64. The fraction of sp³-hybridized carbons (Fsp3) is 0. The van der Waals surface area contributed by atoms with Crippen LogP contribution in [0.2, 0.25) is 10.0 Å². The Hall–Kier alpha value is -2.30. The van der Waals surface area contributed by atoms with Gasteiger partial charge in [0.2, 0.25) is 0 Å². The van der Waals surface area contributed by atoms with E-state index in [2.05, 4.69) is 0 Å². The zero-order valence-corrected chi connectivity index (χ0v) is 12.5. The summed E-state index contributed by atoms with van der Waals surface area (Å²) in [4.78, 5) is 23.3. The Morgan fingerprint density at radius 1 is 1.05 bits per heavy atom. The largest absolute Gasteiger partial charge is 0.478 e. The molecule has 0 saturated heterocycles. The van der Waals surface area contributed by atoms with E-state index in [9.17, 15) is 9.59 Å². The second-order valence-corrected chi connectivity index (χ2v) is 5.40. The van der Waals surface area contributed by atoms with E-state index in [-0.39, 0.29) is 26.7 Å². The molecule has 3 aromatic rings. The van der Waals surface area contributed by atoms with Crippen LogP contribution >= 0.6 is 23.2 Å². The average molecular weight is 335 g/mol. The first-order valence-corrected chi connectivity index (χ1v) is 6.98. The number of benzene rings is 2. The minimum absolute atomic E-state index is 0.0584. The van der Waals surface area contributed by atoms with Crippen LogP contribution in [-0.2, 0) is 0 Å². The maximum atomic E-state index is 12.2. The van der Waals surface area contributed by atoms with Crippen LogP contribution in [0, 0.1) is 0 Å². The van der Waals surface area contributed by atoms with Crippen LogP contribution in [0.15, 0.2) is 51.7 Å². The third kappa shape index (κ3) is 2.47. The van der Waals surface area contributed by atoms with E-state index in [1.165, 1.54) is 12.1 Å². The third-order valence-electron chi connectivity index (χ3n) is 3.21. The van der Waals surface area contributed by atoms with Gasteiger partial charge in [-0.1, -0.05) is 41.4 Å². The van der Waals surface area contributed by atoms with Crippen LogP contribution < -0.4 is 5.63 Å². The second-order valence-electron chi connectivity index (χ2n) is 4.61. The van der Waals surface area contributed by atoms with Crippen molar-refractivity contribution in [2.24, 2.45) is 0 Å². The lowest BCUT2D eigenvalue weighted by atomic mass is 10.0. The Labute approximate surface area is 134 Å². The van der Waals surface area contributed by atoms with E-state index in [0.29, 0.717) is 11.0 Å². The van der Waals surface area contributed by atoms with Crippen molar-refractivity contribution >= 4 is 40.1 Å². The summed E-state index contributed by atoms with van der Waals surface area (Å²) in [5, 5.41) is 9.97. The number of para-hydroxylation sites is 1. The molecule has 1 N–H and O–H groups in total. The molecule has 0 radical (unpaired) electrons. The van der Waals surface area contributed by atoms with Gasteiger partial charge >= 0.3 is 11.6 Å². The third-order valence-corrected chi connectivity index (χ3v) is 4.01. The zero-order valence-electron chi connectivity index (χ0n) is 11.0. The molecule has 1 aromatic heterocycles. The number of rotatable bonds is 2. The van der Waals surface area contributed by atoms with Gasteiger partial charge in [0.05, 0.1) is 21.2 Å². The number of carbonyl (C=O) groups is 1. The van der Waals surface area contributed by atoms with E-state index in [0.717, 1.165) is 0 Å². The summed E-state index contributed by atoms with van der Waals surface area (Å²) < 4.78 is 5.24. The van der Waals surface area contributed by atoms with Crippen molar-refractivity contribution in [1.29, 1.82) is 0 Å². The van der Waals surface area contributed by atoms with Crippen molar-refractivity contribution in [3.63, 3.8) is 0 Å². The molecule has 2 aromatic carbocycles. The number of aromatic carboxylic acids is 1. The molecule has 0 amide bonds. The minimum Gasteiger partial charge on any atom is -0.478 e. The van der Waals surface area contributed by atoms with E-state index >= 15 is 0 Å². The predicted octanol–water partition coefficient (Wildman–Crippen LogP) is 4.47. The molecule has 0 atom stereocenters. The van der Waals surface area contributed by atoms with E-state index < -0.39 is 11.6 Å². The first kappa shape index (κ1) is 14.6. The first-order valence-electron chi connectivity index (χ1n) is 6.23. The van der Waals surface area contributed by atoms with E-state index in [1.807, 2.05) is 0 Å². The summed E-state index contributed by atoms with van der Waals surface area (Å²) in [6, 6.07) is 11.1. The van der Waals surface area contributed by atoms with Crippen LogP contribution in [-0.4, -0.2) is 11.1 Å². The molecule has 1 heterocycles. The Morgan fingerprint density at radius 3 is 2.50 bits per heavy atom. The zero-order chi connectivity index (χ0) is 15.9. The minimum atomic E-state index is -1.16. The molecular weight excluding hydrogens is 327 g/mol. The van der Waals surface area contributed by atoms with Crippen LogP contribution in [0.3, 0.4) is 0 Å². The van der Waals surface area contributed by atoms with E-state index in [1.54, 1.807) is 30.3 Å². The topological polar surface area (TPSA) is 67.5 Å². The summed E-state index contributed by atoms with van der Waals surface area (Å²) >= 11 is 12.1. The van der Waals surface area contributed by atoms with Crippen molar-refractivity contribution in [3.8, 4) is 11.1 Å². The van der Waals surface area contributed by atoms with E-state index in [4.69, 9.17) is 32.7 Å². The molecule has 0 unspecified atom stereocenters. The van der Waals surface area contributed by atoms with Crippen LogP contribution in [0.1, 0.15) is 10.4 Å². The molecular formula is C16H8Cl2O4. The number of fused-ring (bicyclic) bond motifs is 1. The molecule has 6 heteroatoms. The van der Waals surface area contributed by atoms with Gasteiger partial charge in [-0.15, -0.1) is 0 Å². The first-order chi connectivity index (χ1) is 10.5. The molecule has 0 aliphatic rings. The fourth-order valence-corrected chi connectivity index (χ4v) is 2.59. The Bertz CT molecular complexity index is 960. The molecule has 0 saturated carbocycles. The van der Waals surface area contributed by atoms with Gasteiger partial charge in [0.1, 0.15) is 5.58 Å². The number of hydrogen-bond acceptors (Lipinski definition) is 3. The van der Waals surface area contributed by atoms with Gasteiger partial charge < -0.3 is 9.52 Å². The lowest BCUT2D eigenvalue weighted by molar-refractivity contribution is 0.0697. The maximum Gasteiger partial charge on any atom is 0.344 e. The summed E-state index contributed by atoms with van der Waals surface area (Å²) in [6.07, 6.45) is 0. The van der Waals surface area contributed by atoms with Gasteiger partial charge in [0, 0.05) is 10.9 Å². The van der Waals surface area contributed by atoms with Gasteiger partial charge in [-0.2, -0.15) is 0 Å². The van der Waals surface area contributed by atoms with Crippen molar-refractivity contribution in [2.45, 2.75) is 0 Å². The van der Waals surface area contributed by atoms with Crippen LogP contribution in [0.25, 0.3) is 22.1 Å². The standard InChI is InChI=1S/C16H8Cl2O4/c17-12-7-9(15(19)20)6-10(14(12)18)11-5-8-3-1-2-4-13(8)22-16(11)21/h1-7H,(H,19,20). The van der Waals surface area contributed by atoms with Crippen LogP contribution in [0.4, 0.5) is 0 Å². The monoisotopic (exact) mass is 334 g/mol. The van der Waals surface area contributed by atoms with Gasteiger partial charge in [0.15, 0.2) is 0 Å². The van der Waals surface area contributed by atoms with Crippen molar-refractivity contribution in [3.05, 3.63) is 68.5 Å². The average Bonchev–Trinajstić information content (AvgIpc) is 2.49. The Balaban J connectivity index is 2.33. The van der Waals surface area contributed by atoms with Gasteiger partial charge in [-0.3, -0.25) is 0 Å². The predicted molar refractivity (Wildman–Crippen MR) is 84.9 cm³/mol. The molecule has 4 nitrogen and oxygen atoms in total. The molecule has 0 spiro atoms. The molecule has 0 aliphatic carbocycles. The van der Waals surface area contributed by atoms with Crippen molar-refractivity contribution < 1.29 is 14.3 Å². The van der Waals surface area contributed by atoms with Crippen LogP contribution in [0.5, 0.6) is 0 Å². The van der Waals surface area contributed by atoms with Gasteiger partial charge in [-0.25, -0.2) is 9.59 Å². The summed E-state index contributed by atoms with van der Waals surface area (Å²) in [5.74, 6) is -1.16. The number of hydrogen-bond donors (Lipinski definition) is 1. The summed E-state index contributed by atoms with van der Waals surface area (Å²) in [5.41, 5.74) is 0.156. The highest BCUT2D eigenvalue weighted by molar-refractivity contribution is 6.44. The maximum absolute atomic E-state index is 12.2. The van der Waals surface area contributed by atoms with Gasteiger partial charge in [-0.05, 0) is 24.3 Å². The summed E-state index contributed by atoms with van der Waals surface area (Å²) in [6.45, 7) is 0. The normalized spacial score (nSPS) is 10.8. The number of carboxylic acids is 1. The highest BCUT2D eigenvalue weighted by Gasteiger charge is 2.17. The molecule has 22 heavy (non-hydrogen) atoms. The molecule has 110 valence electrons. The number of carboxylic acid groups (broad SMARTS) is 1.